The fraction of sp³-hybridized carbons (Fsp3) is 0.0417. The summed E-state index contributed by atoms with van der Waals surface area (Å²) < 4.78 is 7.15. The number of hydrazine groups is 1. The van der Waals surface area contributed by atoms with E-state index in [1.165, 1.54) is 22.6 Å². The monoisotopic (exact) mass is 486 g/mol. The number of furan rings is 1. The minimum absolute atomic E-state index is 0.0500. The lowest BCUT2D eigenvalue weighted by Gasteiger charge is -2.06. The lowest BCUT2D eigenvalue weighted by Crippen LogP contribution is -2.42. The van der Waals surface area contributed by atoms with Crippen LogP contribution in [0.25, 0.3) is 16.7 Å². The number of fused-ring (bicyclic) bond motifs is 1. The lowest BCUT2D eigenvalue weighted by molar-refractivity contribution is 0.0827. The molecule has 3 heterocycles. The van der Waals surface area contributed by atoms with Gasteiger partial charge in [0, 0.05) is 29.1 Å². The van der Waals surface area contributed by atoms with Crippen LogP contribution in [0.5, 0.6) is 5.75 Å². The number of hydrogen-bond donors (Lipinski definition) is 3. The second-order valence-corrected chi connectivity index (χ2v) is 8.22. The first kappa shape index (κ1) is 22.2. The van der Waals surface area contributed by atoms with Crippen molar-refractivity contribution in [3.05, 3.63) is 96.3 Å². The number of carbonyl (C=O) groups is 2. The number of hydrogen-bond acceptors (Lipinski definition) is 8. The number of rotatable bonds is 6. The Morgan fingerprint density at radius 1 is 0.943 bits per heavy atom. The second-order valence-electron chi connectivity index (χ2n) is 7.28. The van der Waals surface area contributed by atoms with E-state index >= 15 is 0 Å². The molecule has 0 spiro atoms. The van der Waals surface area contributed by atoms with Crippen LogP contribution in [0.4, 0.5) is 0 Å². The fourth-order valence-electron chi connectivity index (χ4n) is 3.39. The second kappa shape index (κ2) is 9.69. The SMILES string of the molecule is O=C(NNC(=O)c1oc2ccccc2c1CSc1ncccn1)c1nn(-c2ccccc2)cc1O. The highest BCUT2D eigenvalue weighted by molar-refractivity contribution is 7.98. The van der Waals surface area contributed by atoms with Gasteiger partial charge in [0.15, 0.2) is 22.4 Å². The normalized spacial score (nSPS) is 10.9. The third-order valence-corrected chi connectivity index (χ3v) is 5.91. The molecule has 35 heavy (non-hydrogen) atoms. The highest BCUT2D eigenvalue weighted by atomic mass is 32.2. The maximum Gasteiger partial charge on any atom is 0.305 e. The van der Waals surface area contributed by atoms with Gasteiger partial charge in [-0.3, -0.25) is 20.4 Å². The summed E-state index contributed by atoms with van der Waals surface area (Å²) in [6.45, 7) is 0. The Balaban J connectivity index is 1.33. The van der Waals surface area contributed by atoms with Crippen molar-refractivity contribution in [2.24, 2.45) is 0 Å². The van der Waals surface area contributed by atoms with Crippen LogP contribution < -0.4 is 10.9 Å². The van der Waals surface area contributed by atoms with Crippen LogP contribution in [0, 0.1) is 0 Å². The summed E-state index contributed by atoms with van der Waals surface area (Å²) in [5, 5.41) is 15.6. The van der Waals surface area contributed by atoms with Crippen molar-refractivity contribution in [3.63, 3.8) is 0 Å². The van der Waals surface area contributed by atoms with Crippen LogP contribution in [0.15, 0.2) is 88.8 Å². The summed E-state index contributed by atoms with van der Waals surface area (Å²) in [4.78, 5) is 33.9. The zero-order valence-corrected chi connectivity index (χ0v) is 18.9. The molecule has 5 rings (SSSR count). The van der Waals surface area contributed by atoms with E-state index in [9.17, 15) is 14.7 Å². The molecule has 10 nitrogen and oxygen atoms in total. The average Bonchev–Trinajstić information content (AvgIpc) is 3.47. The number of nitrogens with one attached hydrogen (secondary N) is 2. The number of amides is 2. The minimum Gasteiger partial charge on any atom is -0.504 e. The maximum absolute atomic E-state index is 12.9. The first-order valence-corrected chi connectivity index (χ1v) is 11.4. The highest BCUT2D eigenvalue weighted by Gasteiger charge is 2.23. The summed E-state index contributed by atoms with van der Waals surface area (Å²) in [7, 11) is 0. The van der Waals surface area contributed by atoms with Gasteiger partial charge in [0.1, 0.15) is 5.58 Å². The number of thioether (sulfide) groups is 1. The Morgan fingerprint density at radius 3 is 2.46 bits per heavy atom. The van der Waals surface area contributed by atoms with Crippen LogP contribution >= 0.6 is 11.8 Å². The molecule has 2 aromatic carbocycles. The molecule has 0 fully saturated rings. The third-order valence-electron chi connectivity index (χ3n) is 5.01. The zero-order chi connectivity index (χ0) is 24.2. The first-order chi connectivity index (χ1) is 17.1. The number of carbonyl (C=O) groups excluding carboxylic acids is 2. The molecule has 0 saturated heterocycles. The Morgan fingerprint density at radius 2 is 1.66 bits per heavy atom. The Labute approximate surface area is 203 Å². The Hall–Kier alpha value is -4.64. The molecule has 0 bridgehead atoms. The number of aromatic hydroxyl groups is 1. The summed E-state index contributed by atoms with van der Waals surface area (Å²) in [6.07, 6.45) is 4.59. The van der Waals surface area contributed by atoms with Crippen molar-refractivity contribution in [1.82, 2.24) is 30.6 Å². The summed E-state index contributed by atoms with van der Waals surface area (Å²) in [5.41, 5.74) is 6.22. The number of benzene rings is 2. The lowest BCUT2D eigenvalue weighted by atomic mass is 10.1. The molecule has 0 aliphatic rings. The molecule has 0 aliphatic carbocycles. The van der Waals surface area contributed by atoms with Crippen LogP contribution in [0.1, 0.15) is 26.6 Å². The van der Waals surface area contributed by atoms with E-state index in [1.54, 1.807) is 54.9 Å². The van der Waals surface area contributed by atoms with Crippen LogP contribution in [0.3, 0.4) is 0 Å². The van der Waals surface area contributed by atoms with Crippen LogP contribution in [0.2, 0.25) is 0 Å². The molecule has 174 valence electrons. The summed E-state index contributed by atoms with van der Waals surface area (Å²) in [6, 6.07) is 18.0. The third kappa shape index (κ3) is 4.70. The minimum atomic E-state index is -0.782. The molecule has 3 aromatic heterocycles. The molecule has 0 saturated carbocycles. The maximum atomic E-state index is 12.9. The topological polar surface area (TPSA) is 135 Å². The van der Waals surface area contributed by atoms with Gasteiger partial charge in [0.2, 0.25) is 0 Å². The molecule has 11 heteroatoms. The molecule has 0 atom stereocenters. The molecular formula is C24H18N6O4S. The van der Waals surface area contributed by atoms with Crippen LogP contribution in [-0.4, -0.2) is 36.7 Å². The van der Waals surface area contributed by atoms with Gasteiger partial charge in [0.05, 0.1) is 11.9 Å². The van der Waals surface area contributed by atoms with Gasteiger partial charge in [-0.2, -0.15) is 5.10 Å². The van der Waals surface area contributed by atoms with Crippen molar-refractivity contribution in [2.75, 3.05) is 0 Å². The zero-order valence-electron chi connectivity index (χ0n) is 18.1. The Bertz CT molecular complexity index is 1500. The molecule has 3 N–H and O–H groups in total. The quantitative estimate of drug-likeness (QED) is 0.189. The van der Waals surface area contributed by atoms with Gasteiger partial charge in [0.25, 0.3) is 5.91 Å². The van der Waals surface area contributed by atoms with E-state index in [0.717, 1.165) is 5.39 Å². The van der Waals surface area contributed by atoms with E-state index in [2.05, 4.69) is 25.9 Å². The molecule has 0 aliphatic heterocycles. The van der Waals surface area contributed by atoms with E-state index in [4.69, 9.17) is 4.42 Å². The van der Waals surface area contributed by atoms with Crippen molar-refractivity contribution in [2.45, 2.75) is 10.9 Å². The van der Waals surface area contributed by atoms with Crippen molar-refractivity contribution in [3.8, 4) is 11.4 Å². The van der Waals surface area contributed by atoms with Crippen molar-refractivity contribution in [1.29, 1.82) is 0 Å². The average molecular weight is 487 g/mol. The van der Waals surface area contributed by atoms with E-state index < -0.39 is 11.8 Å². The predicted molar refractivity (Wildman–Crippen MR) is 128 cm³/mol. The van der Waals surface area contributed by atoms with Gasteiger partial charge < -0.3 is 9.52 Å². The van der Waals surface area contributed by atoms with Crippen molar-refractivity contribution < 1.29 is 19.1 Å². The molecule has 5 aromatic rings. The number of aromatic nitrogens is 4. The standard InChI is InChI=1S/C24H18N6O4S/c31-18-13-30(15-7-2-1-3-8-15)29-20(18)22(32)27-28-23(33)21-17(14-35-24-25-11-6-12-26-24)16-9-4-5-10-19(16)34-21/h1-13,31H,14H2,(H,27,32)(H,28,33). The van der Waals surface area contributed by atoms with E-state index in [-0.39, 0.29) is 17.2 Å². The van der Waals surface area contributed by atoms with Gasteiger partial charge in [-0.1, -0.05) is 48.2 Å². The molecule has 2 amide bonds. The highest BCUT2D eigenvalue weighted by Crippen LogP contribution is 2.31. The van der Waals surface area contributed by atoms with Gasteiger partial charge in [-0.25, -0.2) is 14.6 Å². The molecule has 0 radical (unpaired) electrons. The van der Waals surface area contributed by atoms with E-state index in [1.807, 2.05) is 18.2 Å². The number of para-hydroxylation sites is 2. The van der Waals surface area contributed by atoms with E-state index in [0.29, 0.717) is 27.7 Å². The molecule has 0 unspecified atom stereocenters. The summed E-state index contributed by atoms with van der Waals surface area (Å²) >= 11 is 1.35. The molecular weight excluding hydrogens is 468 g/mol. The van der Waals surface area contributed by atoms with Gasteiger partial charge >= 0.3 is 5.91 Å². The predicted octanol–water partition coefficient (Wildman–Crippen LogP) is 3.48. The Kier molecular flexibility index (Phi) is 6.14. The summed E-state index contributed by atoms with van der Waals surface area (Å²) in [5.74, 6) is -1.34. The first-order valence-electron chi connectivity index (χ1n) is 10.4. The number of nitrogens with zero attached hydrogens (tertiary/aromatic N) is 4. The smallest absolute Gasteiger partial charge is 0.305 e. The van der Waals surface area contributed by atoms with Gasteiger partial charge in [-0.15, -0.1) is 0 Å². The van der Waals surface area contributed by atoms with Crippen LogP contribution in [-0.2, 0) is 5.75 Å². The largest absolute Gasteiger partial charge is 0.504 e. The van der Waals surface area contributed by atoms with Gasteiger partial charge in [-0.05, 0) is 24.3 Å². The fourth-order valence-corrected chi connectivity index (χ4v) is 4.22. The van der Waals surface area contributed by atoms with Crippen molar-refractivity contribution >= 4 is 34.5 Å².